The lowest BCUT2D eigenvalue weighted by molar-refractivity contribution is 0.0239. The molecule has 2 nitrogen and oxygen atoms in total. The van der Waals surface area contributed by atoms with Gasteiger partial charge in [-0.25, -0.2) is 0 Å². The van der Waals surface area contributed by atoms with Crippen molar-refractivity contribution in [2.75, 3.05) is 13.2 Å². The normalized spacial score (nSPS) is 36.5. The second-order valence-electron chi connectivity index (χ2n) is 7.33. The summed E-state index contributed by atoms with van der Waals surface area (Å²) >= 11 is 0. The van der Waals surface area contributed by atoms with Crippen LogP contribution in [-0.4, -0.2) is 25.3 Å². The van der Waals surface area contributed by atoms with Gasteiger partial charge < -0.3 is 10.1 Å². The Kier molecular flexibility index (Phi) is 3.68. The highest BCUT2D eigenvalue weighted by Gasteiger charge is 2.50. The summed E-state index contributed by atoms with van der Waals surface area (Å²) in [5, 5.41) is 3.80. The predicted octanol–water partition coefficient (Wildman–Crippen LogP) is 3.36. The van der Waals surface area contributed by atoms with Crippen LogP contribution in [0.15, 0.2) is 0 Å². The fraction of sp³-hybridized carbons (Fsp3) is 1.00. The van der Waals surface area contributed by atoms with E-state index in [1.807, 2.05) is 0 Å². The second kappa shape index (κ2) is 5.13. The molecule has 2 atom stereocenters. The number of hydrogen-bond donors (Lipinski definition) is 1. The minimum absolute atomic E-state index is 0.466. The standard InChI is InChI=1S/C16H29NO/c1-12(2)7-8-16(11-17-14-5-6-14)9-10-18-15(16)13-3-4-13/h12-15,17H,3-11H2,1-2H3. The average molecular weight is 251 g/mol. The lowest BCUT2D eigenvalue weighted by Crippen LogP contribution is -2.42. The number of nitrogens with one attached hydrogen (secondary N) is 1. The van der Waals surface area contributed by atoms with Gasteiger partial charge in [0.1, 0.15) is 0 Å². The van der Waals surface area contributed by atoms with Gasteiger partial charge in [-0.1, -0.05) is 20.3 Å². The van der Waals surface area contributed by atoms with E-state index in [1.165, 1.54) is 51.5 Å². The molecule has 1 heterocycles. The maximum Gasteiger partial charge on any atom is 0.0672 e. The fourth-order valence-electron chi connectivity index (χ4n) is 3.50. The summed E-state index contributed by atoms with van der Waals surface area (Å²) in [5.74, 6) is 1.71. The van der Waals surface area contributed by atoms with Crippen LogP contribution in [0.1, 0.15) is 58.8 Å². The summed E-state index contributed by atoms with van der Waals surface area (Å²) in [6, 6.07) is 0.835. The average Bonchev–Trinajstić information content (AvgIpc) is 3.24. The summed E-state index contributed by atoms with van der Waals surface area (Å²) in [5.41, 5.74) is 0.466. The van der Waals surface area contributed by atoms with E-state index in [0.29, 0.717) is 11.5 Å². The molecule has 0 radical (unpaired) electrons. The molecule has 0 bridgehead atoms. The van der Waals surface area contributed by atoms with Crippen molar-refractivity contribution < 1.29 is 4.74 Å². The number of hydrogen-bond acceptors (Lipinski definition) is 2. The summed E-state index contributed by atoms with van der Waals surface area (Å²) in [4.78, 5) is 0. The molecule has 3 fully saturated rings. The van der Waals surface area contributed by atoms with E-state index in [0.717, 1.165) is 24.5 Å². The maximum absolute atomic E-state index is 6.14. The molecular formula is C16H29NO. The van der Waals surface area contributed by atoms with Gasteiger partial charge in [0.15, 0.2) is 0 Å². The maximum atomic E-state index is 6.14. The van der Waals surface area contributed by atoms with Crippen molar-refractivity contribution in [1.82, 2.24) is 5.32 Å². The van der Waals surface area contributed by atoms with Crippen LogP contribution >= 0.6 is 0 Å². The molecule has 2 aliphatic carbocycles. The van der Waals surface area contributed by atoms with Gasteiger partial charge in [-0.2, -0.15) is 0 Å². The Balaban J connectivity index is 1.63. The lowest BCUT2D eigenvalue weighted by atomic mass is 9.74. The van der Waals surface area contributed by atoms with Crippen LogP contribution in [0.5, 0.6) is 0 Å². The molecule has 0 amide bonds. The topological polar surface area (TPSA) is 21.3 Å². The van der Waals surface area contributed by atoms with Crippen molar-refractivity contribution in [2.45, 2.75) is 70.9 Å². The van der Waals surface area contributed by atoms with Crippen LogP contribution in [0.4, 0.5) is 0 Å². The zero-order chi connectivity index (χ0) is 12.6. The van der Waals surface area contributed by atoms with E-state index in [-0.39, 0.29) is 0 Å². The van der Waals surface area contributed by atoms with Gasteiger partial charge in [-0.15, -0.1) is 0 Å². The third kappa shape index (κ3) is 2.91. The van der Waals surface area contributed by atoms with Gasteiger partial charge in [0, 0.05) is 24.6 Å². The first-order chi connectivity index (χ1) is 8.70. The van der Waals surface area contributed by atoms with Crippen molar-refractivity contribution in [1.29, 1.82) is 0 Å². The Morgan fingerprint density at radius 1 is 1.22 bits per heavy atom. The molecule has 0 spiro atoms. The van der Waals surface area contributed by atoms with Crippen molar-refractivity contribution >= 4 is 0 Å². The predicted molar refractivity (Wildman–Crippen MR) is 74.6 cm³/mol. The molecule has 18 heavy (non-hydrogen) atoms. The molecule has 2 heteroatoms. The minimum Gasteiger partial charge on any atom is -0.377 e. The molecular weight excluding hydrogens is 222 g/mol. The highest BCUT2D eigenvalue weighted by Crippen LogP contribution is 2.50. The molecule has 1 N–H and O–H groups in total. The van der Waals surface area contributed by atoms with Crippen molar-refractivity contribution in [3.63, 3.8) is 0 Å². The first-order valence-electron chi connectivity index (χ1n) is 8.05. The highest BCUT2D eigenvalue weighted by molar-refractivity contribution is 5.01. The van der Waals surface area contributed by atoms with Gasteiger partial charge in [-0.05, 0) is 50.4 Å². The lowest BCUT2D eigenvalue weighted by Gasteiger charge is -2.35. The van der Waals surface area contributed by atoms with E-state index >= 15 is 0 Å². The van der Waals surface area contributed by atoms with Gasteiger partial charge in [-0.3, -0.25) is 0 Å². The van der Waals surface area contributed by atoms with Crippen LogP contribution in [0, 0.1) is 17.3 Å². The van der Waals surface area contributed by atoms with Crippen LogP contribution in [0.25, 0.3) is 0 Å². The smallest absolute Gasteiger partial charge is 0.0672 e. The third-order valence-electron chi connectivity index (χ3n) is 5.09. The highest BCUT2D eigenvalue weighted by atomic mass is 16.5. The summed E-state index contributed by atoms with van der Waals surface area (Å²) in [6.45, 7) is 6.92. The second-order valence-corrected chi connectivity index (χ2v) is 7.33. The largest absolute Gasteiger partial charge is 0.377 e. The van der Waals surface area contributed by atoms with Crippen LogP contribution in [-0.2, 0) is 4.74 Å². The first kappa shape index (κ1) is 12.9. The van der Waals surface area contributed by atoms with Crippen molar-refractivity contribution in [2.24, 2.45) is 17.3 Å². The Morgan fingerprint density at radius 3 is 2.61 bits per heavy atom. The summed E-state index contributed by atoms with van der Waals surface area (Å²) < 4.78 is 6.14. The summed E-state index contributed by atoms with van der Waals surface area (Å²) in [7, 11) is 0. The molecule has 3 rings (SSSR count). The van der Waals surface area contributed by atoms with Crippen LogP contribution < -0.4 is 5.32 Å². The molecule has 1 saturated heterocycles. The zero-order valence-corrected chi connectivity index (χ0v) is 12.1. The molecule has 1 aliphatic heterocycles. The molecule has 2 unspecified atom stereocenters. The van der Waals surface area contributed by atoms with Gasteiger partial charge in [0.05, 0.1) is 6.10 Å². The van der Waals surface area contributed by atoms with E-state index < -0.39 is 0 Å². The summed E-state index contributed by atoms with van der Waals surface area (Å²) in [6.07, 6.45) is 10.2. The quantitative estimate of drug-likeness (QED) is 0.749. The van der Waals surface area contributed by atoms with Gasteiger partial charge in [0.2, 0.25) is 0 Å². The SMILES string of the molecule is CC(C)CCC1(CNC2CC2)CCOC1C1CC1. The molecule has 0 aromatic rings. The Bertz CT molecular complexity index is 275. The number of ether oxygens (including phenoxy) is 1. The van der Waals surface area contributed by atoms with Gasteiger partial charge >= 0.3 is 0 Å². The Hall–Kier alpha value is -0.0800. The third-order valence-corrected chi connectivity index (χ3v) is 5.09. The first-order valence-corrected chi connectivity index (χ1v) is 8.05. The fourth-order valence-corrected chi connectivity index (χ4v) is 3.50. The van der Waals surface area contributed by atoms with E-state index in [4.69, 9.17) is 4.74 Å². The van der Waals surface area contributed by atoms with Gasteiger partial charge in [0.25, 0.3) is 0 Å². The number of rotatable bonds is 7. The Morgan fingerprint density at radius 2 is 2.00 bits per heavy atom. The molecule has 0 aromatic heterocycles. The van der Waals surface area contributed by atoms with Crippen LogP contribution in [0.2, 0.25) is 0 Å². The Labute approximate surface area is 112 Å². The molecule has 0 aromatic carbocycles. The minimum atomic E-state index is 0.466. The molecule has 2 saturated carbocycles. The monoisotopic (exact) mass is 251 g/mol. The van der Waals surface area contributed by atoms with Crippen molar-refractivity contribution in [3.8, 4) is 0 Å². The molecule has 3 aliphatic rings. The van der Waals surface area contributed by atoms with E-state index in [1.54, 1.807) is 0 Å². The zero-order valence-electron chi connectivity index (χ0n) is 12.1. The molecule has 104 valence electrons. The van der Waals surface area contributed by atoms with E-state index in [2.05, 4.69) is 19.2 Å². The van der Waals surface area contributed by atoms with Crippen molar-refractivity contribution in [3.05, 3.63) is 0 Å². The van der Waals surface area contributed by atoms with Crippen LogP contribution in [0.3, 0.4) is 0 Å². The van der Waals surface area contributed by atoms with E-state index in [9.17, 15) is 0 Å².